The minimum atomic E-state index is -2.24. The first kappa shape index (κ1) is 17.7. The molecule has 128 valence electrons. The number of carboxylic acid groups (broad SMARTS) is 1. The van der Waals surface area contributed by atoms with Crippen LogP contribution >= 0.6 is 0 Å². The number of halogens is 1. The molecule has 1 fully saturated rings. The molecule has 2 atom stereocenters. The van der Waals surface area contributed by atoms with Crippen LogP contribution in [0.2, 0.25) is 0 Å². The Kier molecular flexibility index (Phi) is 5.99. The van der Waals surface area contributed by atoms with Crippen LogP contribution in [0.3, 0.4) is 0 Å². The number of ether oxygens (including phenoxy) is 1. The van der Waals surface area contributed by atoms with E-state index in [9.17, 15) is 9.90 Å². The second-order valence-corrected chi connectivity index (χ2v) is 6.71. The Morgan fingerprint density at radius 2 is 2.30 bits per heavy atom. The molecule has 0 bridgehead atoms. The molecule has 1 saturated heterocycles. The summed E-state index contributed by atoms with van der Waals surface area (Å²) < 4.78 is 20.8. The number of nitrogens with one attached hydrogen (secondary N) is 1. The molecule has 1 aromatic rings. The molecule has 0 aliphatic carbocycles. The number of carboxylic acids is 1. The molecule has 0 aromatic heterocycles. The second-order valence-electron chi connectivity index (χ2n) is 6.71. The van der Waals surface area contributed by atoms with E-state index in [0.29, 0.717) is 43.3 Å². The molecule has 0 amide bonds. The van der Waals surface area contributed by atoms with Gasteiger partial charge in [-0.25, -0.2) is 9.18 Å². The van der Waals surface area contributed by atoms with Gasteiger partial charge in [0.1, 0.15) is 5.75 Å². The monoisotopic (exact) mass is 323 g/mol. The zero-order valence-electron chi connectivity index (χ0n) is 13.8. The largest absolute Gasteiger partial charge is 0.494 e. The average molecular weight is 323 g/mol. The zero-order chi connectivity index (χ0) is 16.9. The quantitative estimate of drug-likeness (QED) is 0.772. The summed E-state index contributed by atoms with van der Waals surface area (Å²) in [5, 5.41) is 12.4. The van der Waals surface area contributed by atoms with Crippen LogP contribution in [0.25, 0.3) is 0 Å². The Morgan fingerprint density at radius 1 is 1.52 bits per heavy atom. The smallest absolute Gasteiger partial charge is 0.342 e. The number of benzene rings is 1. The predicted molar refractivity (Wildman–Crippen MR) is 87.5 cm³/mol. The van der Waals surface area contributed by atoms with Crippen LogP contribution in [0.5, 0.6) is 5.75 Å². The van der Waals surface area contributed by atoms with E-state index in [1.54, 1.807) is 18.2 Å². The van der Waals surface area contributed by atoms with Gasteiger partial charge in [0.05, 0.1) is 6.61 Å². The molecule has 1 aromatic carbocycles. The van der Waals surface area contributed by atoms with E-state index < -0.39 is 17.6 Å². The van der Waals surface area contributed by atoms with Crippen molar-refractivity contribution in [2.24, 2.45) is 11.8 Å². The maximum absolute atomic E-state index is 15.1. The van der Waals surface area contributed by atoms with E-state index in [1.807, 2.05) is 6.07 Å². The second kappa shape index (κ2) is 7.77. The fraction of sp³-hybridized carbons (Fsp3) is 0.611. The Bertz CT molecular complexity index is 529. The molecule has 0 radical (unpaired) electrons. The SMILES string of the molecule is CC(C)CCOc1cccc(CC(F)(C(=O)O)C2CCNC2)c1. The number of carbonyl (C=O) groups is 1. The molecule has 1 aliphatic rings. The normalized spacial score (nSPS) is 20.4. The third kappa shape index (κ3) is 4.67. The van der Waals surface area contributed by atoms with Crippen molar-refractivity contribution < 1.29 is 19.0 Å². The van der Waals surface area contributed by atoms with Gasteiger partial charge in [0.25, 0.3) is 0 Å². The molecule has 5 heteroatoms. The lowest BCUT2D eigenvalue weighted by Gasteiger charge is -2.26. The van der Waals surface area contributed by atoms with Crippen LogP contribution in [0.4, 0.5) is 4.39 Å². The summed E-state index contributed by atoms with van der Waals surface area (Å²) in [6, 6.07) is 7.12. The first-order valence-electron chi connectivity index (χ1n) is 8.26. The summed E-state index contributed by atoms with van der Waals surface area (Å²) in [6.45, 7) is 5.93. The third-order valence-electron chi connectivity index (χ3n) is 4.39. The molecule has 23 heavy (non-hydrogen) atoms. The van der Waals surface area contributed by atoms with E-state index in [2.05, 4.69) is 19.2 Å². The average Bonchev–Trinajstić information content (AvgIpc) is 3.01. The highest BCUT2D eigenvalue weighted by Gasteiger charge is 2.47. The van der Waals surface area contributed by atoms with E-state index in [0.717, 1.165) is 6.42 Å². The van der Waals surface area contributed by atoms with Gasteiger partial charge in [-0.05, 0) is 43.0 Å². The van der Waals surface area contributed by atoms with Crippen LogP contribution in [-0.4, -0.2) is 36.4 Å². The first-order valence-corrected chi connectivity index (χ1v) is 8.26. The van der Waals surface area contributed by atoms with Crippen molar-refractivity contribution >= 4 is 5.97 Å². The lowest BCUT2D eigenvalue weighted by Crippen LogP contribution is -2.44. The van der Waals surface area contributed by atoms with E-state index in [-0.39, 0.29) is 6.42 Å². The van der Waals surface area contributed by atoms with Gasteiger partial charge >= 0.3 is 5.97 Å². The fourth-order valence-electron chi connectivity index (χ4n) is 2.89. The van der Waals surface area contributed by atoms with Gasteiger partial charge in [-0.1, -0.05) is 26.0 Å². The van der Waals surface area contributed by atoms with Crippen molar-refractivity contribution in [2.75, 3.05) is 19.7 Å². The molecule has 2 N–H and O–H groups in total. The van der Waals surface area contributed by atoms with Crippen molar-refractivity contribution in [1.29, 1.82) is 0 Å². The number of hydrogen-bond acceptors (Lipinski definition) is 3. The topological polar surface area (TPSA) is 58.6 Å². The predicted octanol–water partition coefficient (Wildman–Crippen LogP) is 3.06. The van der Waals surface area contributed by atoms with E-state index in [4.69, 9.17) is 4.74 Å². The van der Waals surface area contributed by atoms with Crippen LogP contribution < -0.4 is 10.1 Å². The molecular formula is C18H26FNO3. The molecule has 2 unspecified atom stereocenters. The summed E-state index contributed by atoms with van der Waals surface area (Å²) in [4.78, 5) is 11.5. The number of aliphatic carboxylic acids is 1. The standard InChI is InChI=1S/C18H26FNO3/c1-13(2)7-9-23-16-5-3-4-14(10-16)11-18(19,17(21)22)15-6-8-20-12-15/h3-5,10,13,15,20H,6-9,11-12H2,1-2H3,(H,21,22). The van der Waals surface area contributed by atoms with E-state index >= 15 is 4.39 Å². The van der Waals surface area contributed by atoms with Gasteiger partial charge in [0, 0.05) is 18.9 Å². The maximum Gasteiger partial charge on any atom is 0.342 e. The summed E-state index contributed by atoms with van der Waals surface area (Å²) in [5.74, 6) is -0.651. The van der Waals surface area contributed by atoms with Gasteiger partial charge in [-0.2, -0.15) is 0 Å². The minimum Gasteiger partial charge on any atom is -0.494 e. The van der Waals surface area contributed by atoms with E-state index in [1.165, 1.54) is 0 Å². The van der Waals surface area contributed by atoms with Crippen LogP contribution in [0.1, 0.15) is 32.3 Å². The van der Waals surface area contributed by atoms with Crippen molar-refractivity contribution in [3.63, 3.8) is 0 Å². The van der Waals surface area contributed by atoms with Crippen LogP contribution in [-0.2, 0) is 11.2 Å². The highest BCUT2D eigenvalue weighted by Crippen LogP contribution is 2.32. The molecule has 2 rings (SSSR count). The Labute approximate surface area is 137 Å². The van der Waals surface area contributed by atoms with Gasteiger partial charge < -0.3 is 15.2 Å². The van der Waals surface area contributed by atoms with Gasteiger partial charge in [-0.15, -0.1) is 0 Å². The summed E-state index contributed by atoms with van der Waals surface area (Å²) >= 11 is 0. The minimum absolute atomic E-state index is 0.129. The van der Waals surface area contributed by atoms with Crippen molar-refractivity contribution in [3.05, 3.63) is 29.8 Å². The zero-order valence-corrected chi connectivity index (χ0v) is 13.8. The molecular weight excluding hydrogens is 297 g/mol. The molecule has 1 aliphatic heterocycles. The lowest BCUT2D eigenvalue weighted by atomic mass is 9.83. The number of hydrogen-bond donors (Lipinski definition) is 2. The molecule has 0 saturated carbocycles. The Hall–Kier alpha value is -1.62. The van der Waals surface area contributed by atoms with Crippen LogP contribution in [0.15, 0.2) is 24.3 Å². The van der Waals surface area contributed by atoms with Crippen molar-refractivity contribution in [2.45, 2.75) is 38.8 Å². The summed E-state index contributed by atoms with van der Waals surface area (Å²) in [7, 11) is 0. The first-order chi connectivity index (χ1) is 10.9. The van der Waals surface area contributed by atoms with Gasteiger partial charge in [0.15, 0.2) is 0 Å². The Morgan fingerprint density at radius 3 is 2.91 bits per heavy atom. The number of rotatable bonds is 8. The molecule has 0 spiro atoms. The van der Waals surface area contributed by atoms with Gasteiger partial charge in [0.2, 0.25) is 5.67 Å². The highest BCUT2D eigenvalue weighted by molar-refractivity contribution is 5.78. The van der Waals surface area contributed by atoms with Gasteiger partial charge in [-0.3, -0.25) is 0 Å². The molecule has 4 nitrogen and oxygen atoms in total. The maximum atomic E-state index is 15.1. The Balaban J connectivity index is 2.06. The van der Waals surface area contributed by atoms with Crippen molar-refractivity contribution in [1.82, 2.24) is 5.32 Å². The fourth-order valence-corrected chi connectivity index (χ4v) is 2.89. The molecule has 1 heterocycles. The van der Waals surface area contributed by atoms with Crippen LogP contribution in [0, 0.1) is 11.8 Å². The summed E-state index contributed by atoms with van der Waals surface area (Å²) in [5.41, 5.74) is -1.58. The third-order valence-corrected chi connectivity index (χ3v) is 4.39. The van der Waals surface area contributed by atoms with Crippen molar-refractivity contribution in [3.8, 4) is 5.75 Å². The highest BCUT2D eigenvalue weighted by atomic mass is 19.1. The summed E-state index contributed by atoms with van der Waals surface area (Å²) in [6.07, 6.45) is 1.36. The number of alkyl halides is 1. The lowest BCUT2D eigenvalue weighted by molar-refractivity contribution is -0.154.